The number of hydrogen-bond donors (Lipinski definition) is 1. The Morgan fingerprint density at radius 1 is 1.33 bits per heavy atom. The monoisotopic (exact) mass is 298 g/mol. The maximum Gasteiger partial charge on any atom is 0.414 e. The Morgan fingerprint density at radius 3 is 2.71 bits per heavy atom. The third-order valence-electron chi connectivity index (χ3n) is 3.96. The molecule has 0 radical (unpaired) electrons. The number of allylic oxidation sites excluding steroid dienone is 4. The van der Waals surface area contributed by atoms with E-state index in [1.54, 1.807) is 12.2 Å². The molecule has 0 aromatic heterocycles. The zero-order valence-electron chi connectivity index (χ0n) is 11.7. The standard InChI is InChI=1S/C14H19FN2O4/c15-12-7-10(17-8-11(9-18)21-14(17)19)1-2-13(12)16-3-5-20-6-4-16/h1-2,11-12,18H,3-9H2/t11-,12?/m1/s1. The molecule has 0 aromatic rings. The van der Waals surface area contributed by atoms with Crippen molar-refractivity contribution in [3.63, 3.8) is 0 Å². The fourth-order valence-electron chi connectivity index (χ4n) is 2.82. The summed E-state index contributed by atoms with van der Waals surface area (Å²) in [5, 5.41) is 9.04. The molecule has 0 saturated carbocycles. The maximum absolute atomic E-state index is 14.4. The van der Waals surface area contributed by atoms with Crippen molar-refractivity contribution >= 4 is 6.09 Å². The second-order valence-corrected chi connectivity index (χ2v) is 5.32. The molecule has 2 saturated heterocycles. The van der Waals surface area contributed by atoms with Gasteiger partial charge < -0.3 is 19.5 Å². The van der Waals surface area contributed by atoms with Gasteiger partial charge in [0, 0.05) is 30.9 Å². The van der Waals surface area contributed by atoms with Gasteiger partial charge in [-0.3, -0.25) is 4.90 Å². The van der Waals surface area contributed by atoms with Crippen molar-refractivity contribution in [1.29, 1.82) is 0 Å². The number of morpholine rings is 1. The van der Waals surface area contributed by atoms with Gasteiger partial charge in [0.05, 0.1) is 26.4 Å². The molecular weight excluding hydrogens is 279 g/mol. The third-order valence-corrected chi connectivity index (χ3v) is 3.96. The van der Waals surface area contributed by atoms with Crippen molar-refractivity contribution in [1.82, 2.24) is 9.80 Å². The second kappa shape index (κ2) is 6.03. The van der Waals surface area contributed by atoms with Gasteiger partial charge in [0.1, 0.15) is 12.3 Å². The van der Waals surface area contributed by atoms with Crippen LogP contribution in [0, 0.1) is 0 Å². The average Bonchev–Trinajstić information content (AvgIpc) is 2.89. The predicted molar refractivity (Wildman–Crippen MR) is 72.1 cm³/mol. The van der Waals surface area contributed by atoms with Gasteiger partial charge in [0.15, 0.2) is 0 Å². The van der Waals surface area contributed by atoms with Crippen LogP contribution in [0.4, 0.5) is 9.18 Å². The van der Waals surface area contributed by atoms with E-state index >= 15 is 0 Å². The molecule has 3 rings (SSSR count). The molecule has 1 N–H and O–H groups in total. The first-order valence-corrected chi connectivity index (χ1v) is 7.15. The molecule has 2 fully saturated rings. The lowest BCUT2D eigenvalue weighted by molar-refractivity contribution is 0.0458. The summed E-state index contributed by atoms with van der Waals surface area (Å²) >= 11 is 0. The summed E-state index contributed by atoms with van der Waals surface area (Å²) in [5.41, 5.74) is 1.24. The Labute approximate surface area is 122 Å². The van der Waals surface area contributed by atoms with Gasteiger partial charge in [-0.25, -0.2) is 9.18 Å². The number of carbonyl (C=O) groups is 1. The van der Waals surface area contributed by atoms with Gasteiger partial charge >= 0.3 is 6.09 Å². The van der Waals surface area contributed by atoms with E-state index in [2.05, 4.69) is 0 Å². The highest BCUT2D eigenvalue weighted by atomic mass is 19.1. The largest absolute Gasteiger partial charge is 0.441 e. The molecule has 0 aromatic carbocycles. The summed E-state index contributed by atoms with van der Waals surface area (Å²) in [6, 6.07) is 0. The predicted octanol–water partition coefficient (Wildman–Crippen LogP) is 0.641. The van der Waals surface area contributed by atoms with Crippen LogP contribution in [0.15, 0.2) is 23.5 Å². The molecule has 1 unspecified atom stereocenters. The number of rotatable bonds is 3. The van der Waals surface area contributed by atoms with Crippen LogP contribution >= 0.6 is 0 Å². The van der Waals surface area contributed by atoms with E-state index in [-0.39, 0.29) is 19.6 Å². The van der Waals surface area contributed by atoms with E-state index in [1.165, 1.54) is 4.90 Å². The van der Waals surface area contributed by atoms with Crippen LogP contribution in [-0.2, 0) is 9.47 Å². The zero-order chi connectivity index (χ0) is 14.8. The summed E-state index contributed by atoms with van der Waals surface area (Å²) in [6.07, 6.45) is 1.47. The number of aliphatic hydroxyl groups excluding tert-OH is 1. The third kappa shape index (κ3) is 2.89. The molecule has 1 aliphatic carbocycles. The minimum atomic E-state index is -1.14. The number of ether oxygens (including phenoxy) is 2. The quantitative estimate of drug-likeness (QED) is 0.828. The Bertz CT molecular complexity index is 474. The van der Waals surface area contributed by atoms with E-state index in [4.69, 9.17) is 14.6 Å². The molecule has 2 atom stereocenters. The van der Waals surface area contributed by atoms with Crippen LogP contribution in [0.25, 0.3) is 0 Å². The number of carbonyl (C=O) groups excluding carboxylic acids is 1. The maximum atomic E-state index is 14.4. The molecule has 21 heavy (non-hydrogen) atoms. The summed E-state index contributed by atoms with van der Waals surface area (Å²) in [7, 11) is 0. The Kier molecular flexibility index (Phi) is 4.12. The normalized spacial score (nSPS) is 30.1. The molecule has 6 nitrogen and oxygen atoms in total. The molecule has 0 spiro atoms. The first-order chi connectivity index (χ1) is 10.2. The minimum absolute atomic E-state index is 0.149. The summed E-state index contributed by atoms with van der Waals surface area (Å²) in [4.78, 5) is 15.1. The Balaban J connectivity index is 1.72. The number of aliphatic hydroxyl groups is 1. The van der Waals surface area contributed by atoms with Gasteiger partial charge in [0.2, 0.25) is 0 Å². The second-order valence-electron chi connectivity index (χ2n) is 5.32. The minimum Gasteiger partial charge on any atom is -0.441 e. The molecule has 116 valence electrons. The fourth-order valence-corrected chi connectivity index (χ4v) is 2.82. The van der Waals surface area contributed by atoms with Crippen LogP contribution in [0.3, 0.4) is 0 Å². The molecule has 7 heteroatoms. The topological polar surface area (TPSA) is 62.2 Å². The van der Waals surface area contributed by atoms with Crippen molar-refractivity contribution in [2.45, 2.75) is 18.7 Å². The fraction of sp³-hybridized carbons (Fsp3) is 0.643. The molecule has 0 bridgehead atoms. The SMILES string of the molecule is O=C1O[C@@H](CO)CN1C1=CC=C(N2CCOCC2)C(F)C1. The van der Waals surface area contributed by atoms with Crippen molar-refractivity contribution in [3.05, 3.63) is 23.5 Å². The summed E-state index contributed by atoms with van der Waals surface area (Å²) in [6.45, 7) is 2.65. The van der Waals surface area contributed by atoms with Crippen LogP contribution < -0.4 is 0 Å². The lowest BCUT2D eigenvalue weighted by Gasteiger charge is -2.34. The molecule has 2 heterocycles. The van der Waals surface area contributed by atoms with E-state index in [1.807, 2.05) is 4.90 Å². The van der Waals surface area contributed by atoms with Gasteiger partial charge in [-0.05, 0) is 12.2 Å². The lowest BCUT2D eigenvalue weighted by atomic mass is 10.0. The highest BCUT2D eigenvalue weighted by Crippen LogP contribution is 2.29. The smallest absolute Gasteiger partial charge is 0.414 e. The number of cyclic esters (lactones) is 1. The van der Waals surface area contributed by atoms with Gasteiger partial charge in [-0.2, -0.15) is 0 Å². The van der Waals surface area contributed by atoms with E-state index in [9.17, 15) is 9.18 Å². The molecule has 2 aliphatic heterocycles. The van der Waals surface area contributed by atoms with Crippen molar-refractivity contribution < 1.29 is 23.8 Å². The molecular formula is C14H19FN2O4. The highest BCUT2D eigenvalue weighted by Gasteiger charge is 2.35. The van der Waals surface area contributed by atoms with Crippen molar-refractivity contribution in [3.8, 4) is 0 Å². The highest BCUT2D eigenvalue weighted by molar-refractivity contribution is 5.72. The van der Waals surface area contributed by atoms with Gasteiger partial charge in [-0.15, -0.1) is 0 Å². The summed E-state index contributed by atoms with van der Waals surface area (Å²) < 4.78 is 24.7. The van der Waals surface area contributed by atoms with Gasteiger partial charge in [-0.1, -0.05) is 0 Å². The Hall–Kier alpha value is -1.60. The van der Waals surface area contributed by atoms with Crippen LogP contribution in [-0.4, -0.2) is 72.7 Å². The zero-order valence-corrected chi connectivity index (χ0v) is 11.7. The number of hydrogen-bond acceptors (Lipinski definition) is 5. The van der Waals surface area contributed by atoms with Crippen LogP contribution in [0.2, 0.25) is 0 Å². The average molecular weight is 298 g/mol. The van der Waals surface area contributed by atoms with Gasteiger partial charge in [0.25, 0.3) is 0 Å². The van der Waals surface area contributed by atoms with Crippen molar-refractivity contribution in [2.24, 2.45) is 0 Å². The van der Waals surface area contributed by atoms with Crippen LogP contribution in [0.1, 0.15) is 6.42 Å². The summed E-state index contributed by atoms with van der Waals surface area (Å²) in [5.74, 6) is 0. The molecule has 3 aliphatic rings. The lowest BCUT2D eigenvalue weighted by Crippen LogP contribution is -2.40. The van der Waals surface area contributed by atoms with E-state index in [0.717, 1.165) is 0 Å². The van der Waals surface area contributed by atoms with E-state index < -0.39 is 18.4 Å². The first-order valence-electron chi connectivity index (χ1n) is 7.15. The van der Waals surface area contributed by atoms with Crippen molar-refractivity contribution in [2.75, 3.05) is 39.5 Å². The van der Waals surface area contributed by atoms with Crippen LogP contribution in [0.5, 0.6) is 0 Å². The Morgan fingerprint density at radius 2 is 2.10 bits per heavy atom. The first kappa shape index (κ1) is 14.3. The van der Waals surface area contributed by atoms with E-state index in [0.29, 0.717) is 37.7 Å². The number of alkyl halides is 1. The molecule has 1 amide bonds. The number of nitrogens with zero attached hydrogens (tertiary/aromatic N) is 2. The number of amides is 1. The number of halogens is 1.